The molecule has 1 aromatic heterocycles. The van der Waals surface area contributed by atoms with Crippen molar-refractivity contribution in [3.8, 4) is 0 Å². The smallest absolute Gasteiger partial charge is 0.0762 e. The Kier molecular flexibility index (Phi) is 3.99. The van der Waals surface area contributed by atoms with Crippen LogP contribution in [0.15, 0.2) is 12.3 Å². The molecular formula is C13H23N3. The molecule has 90 valence electrons. The molecule has 3 nitrogen and oxygen atoms in total. The third kappa shape index (κ3) is 2.85. The molecule has 16 heavy (non-hydrogen) atoms. The maximum absolute atomic E-state index is 4.65. The van der Waals surface area contributed by atoms with Gasteiger partial charge in [0.25, 0.3) is 0 Å². The lowest BCUT2D eigenvalue weighted by atomic mass is 10.2. The van der Waals surface area contributed by atoms with Gasteiger partial charge in [-0.2, -0.15) is 5.10 Å². The largest absolute Gasteiger partial charge is 0.309 e. The molecule has 0 saturated heterocycles. The fourth-order valence-corrected chi connectivity index (χ4v) is 2.27. The second kappa shape index (κ2) is 5.48. The standard InChI is InChI=1S/C13H23N3/c1-3-11(2)14-10-12-8-9-16(15-12)13-6-4-5-7-13/h8-9,11,13-14H,3-7,10H2,1-2H3. The third-order valence-electron chi connectivity index (χ3n) is 3.61. The summed E-state index contributed by atoms with van der Waals surface area (Å²) >= 11 is 0. The number of hydrogen-bond acceptors (Lipinski definition) is 2. The predicted octanol–water partition coefficient (Wildman–Crippen LogP) is 2.89. The SMILES string of the molecule is CCC(C)NCc1ccn(C2CCCC2)n1. The normalized spacial score (nSPS) is 19.1. The molecule has 0 bridgehead atoms. The number of hydrogen-bond donors (Lipinski definition) is 1. The monoisotopic (exact) mass is 221 g/mol. The second-order valence-electron chi connectivity index (χ2n) is 4.92. The van der Waals surface area contributed by atoms with Gasteiger partial charge in [-0.25, -0.2) is 0 Å². The van der Waals surface area contributed by atoms with Crippen molar-refractivity contribution in [3.05, 3.63) is 18.0 Å². The van der Waals surface area contributed by atoms with Crippen LogP contribution in [-0.2, 0) is 6.54 Å². The fourth-order valence-electron chi connectivity index (χ4n) is 2.27. The van der Waals surface area contributed by atoms with Crippen LogP contribution >= 0.6 is 0 Å². The van der Waals surface area contributed by atoms with Gasteiger partial charge < -0.3 is 5.32 Å². The lowest BCUT2D eigenvalue weighted by Crippen LogP contribution is -2.24. The quantitative estimate of drug-likeness (QED) is 0.828. The predicted molar refractivity (Wildman–Crippen MR) is 66.3 cm³/mol. The van der Waals surface area contributed by atoms with Crippen molar-refractivity contribution in [2.75, 3.05) is 0 Å². The molecule has 1 N–H and O–H groups in total. The van der Waals surface area contributed by atoms with Crippen LogP contribution in [0, 0.1) is 0 Å². The zero-order valence-corrected chi connectivity index (χ0v) is 10.4. The Morgan fingerprint density at radius 1 is 1.50 bits per heavy atom. The molecule has 3 heteroatoms. The Hall–Kier alpha value is -0.830. The maximum Gasteiger partial charge on any atom is 0.0762 e. The first-order valence-corrected chi connectivity index (χ1v) is 6.57. The molecule has 0 aliphatic heterocycles. The van der Waals surface area contributed by atoms with E-state index < -0.39 is 0 Å². The number of aromatic nitrogens is 2. The molecule has 1 heterocycles. The summed E-state index contributed by atoms with van der Waals surface area (Å²) in [6, 6.07) is 3.39. The Morgan fingerprint density at radius 3 is 2.94 bits per heavy atom. The molecule has 1 unspecified atom stereocenters. The van der Waals surface area contributed by atoms with Crippen LogP contribution < -0.4 is 5.32 Å². The number of rotatable bonds is 5. The molecule has 1 saturated carbocycles. The fraction of sp³-hybridized carbons (Fsp3) is 0.769. The molecule has 1 aliphatic carbocycles. The first-order chi connectivity index (χ1) is 7.79. The zero-order chi connectivity index (χ0) is 11.4. The van der Waals surface area contributed by atoms with Crippen molar-refractivity contribution in [2.45, 2.75) is 64.6 Å². The highest BCUT2D eigenvalue weighted by molar-refractivity contribution is 5.00. The Balaban J connectivity index is 1.86. The van der Waals surface area contributed by atoms with Gasteiger partial charge >= 0.3 is 0 Å². The van der Waals surface area contributed by atoms with E-state index in [1.807, 2.05) is 0 Å². The summed E-state index contributed by atoms with van der Waals surface area (Å²) in [6.45, 7) is 5.32. The topological polar surface area (TPSA) is 29.9 Å². The van der Waals surface area contributed by atoms with Crippen molar-refractivity contribution in [1.82, 2.24) is 15.1 Å². The summed E-state index contributed by atoms with van der Waals surface area (Å²) in [7, 11) is 0. The maximum atomic E-state index is 4.65. The summed E-state index contributed by atoms with van der Waals surface area (Å²) in [6.07, 6.45) is 8.66. The molecule has 1 aliphatic rings. The minimum atomic E-state index is 0.580. The van der Waals surface area contributed by atoms with Crippen LogP contribution in [-0.4, -0.2) is 15.8 Å². The molecule has 0 amide bonds. The van der Waals surface area contributed by atoms with E-state index in [0.717, 1.165) is 6.54 Å². The summed E-state index contributed by atoms with van der Waals surface area (Å²) in [5.41, 5.74) is 1.17. The molecule has 0 aromatic carbocycles. The minimum Gasteiger partial charge on any atom is -0.309 e. The van der Waals surface area contributed by atoms with Crippen LogP contribution in [0.25, 0.3) is 0 Å². The lowest BCUT2D eigenvalue weighted by Gasteiger charge is -2.10. The molecule has 1 fully saturated rings. The van der Waals surface area contributed by atoms with Crippen molar-refractivity contribution in [3.63, 3.8) is 0 Å². The molecular weight excluding hydrogens is 198 g/mol. The zero-order valence-electron chi connectivity index (χ0n) is 10.4. The number of nitrogens with zero attached hydrogens (tertiary/aromatic N) is 2. The van der Waals surface area contributed by atoms with Gasteiger partial charge in [0.05, 0.1) is 11.7 Å². The van der Waals surface area contributed by atoms with E-state index in [0.29, 0.717) is 12.1 Å². The molecule has 2 rings (SSSR count). The molecule has 1 aromatic rings. The van der Waals surface area contributed by atoms with Crippen molar-refractivity contribution >= 4 is 0 Å². The van der Waals surface area contributed by atoms with E-state index in [-0.39, 0.29) is 0 Å². The summed E-state index contributed by atoms with van der Waals surface area (Å²) in [5, 5.41) is 8.13. The van der Waals surface area contributed by atoms with Gasteiger partial charge in [-0.15, -0.1) is 0 Å². The lowest BCUT2D eigenvalue weighted by molar-refractivity contribution is 0.456. The van der Waals surface area contributed by atoms with Gasteiger partial charge in [-0.1, -0.05) is 19.8 Å². The Bertz CT molecular complexity index is 313. The first-order valence-electron chi connectivity index (χ1n) is 6.57. The highest BCUT2D eigenvalue weighted by Gasteiger charge is 2.17. The van der Waals surface area contributed by atoms with Crippen LogP contribution in [0.5, 0.6) is 0 Å². The van der Waals surface area contributed by atoms with Crippen LogP contribution in [0.1, 0.15) is 57.7 Å². The van der Waals surface area contributed by atoms with Gasteiger partial charge in [0.15, 0.2) is 0 Å². The average molecular weight is 221 g/mol. The molecule has 0 spiro atoms. The van der Waals surface area contributed by atoms with Crippen molar-refractivity contribution in [1.29, 1.82) is 0 Å². The Labute approximate surface area is 98.2 Å². The average Bonchev–Trinajstić information content (AvgIpc) is 2.95. The third-order valence-corrected chi connectivity index (χ3v) is 3.61. The number of nitrogens with one attached hydrogen (secondary N) is 1. The van der Waals surface area contributed by atoms with Crippen LogP contribution in [0.3, 0.4) is 0 Å². The summed E-state index contributed by atoms with van der Waals surface area (Å²) in [5.74, 6) is 0. The van der Waals surface area contributed by atoms with Crippen LogP contribution in [0.4, 0.5) is 0 Å². The van der Waals surface area contributed by atoms with Gasteiger partial charge in [0, 0.05) is 18.8 Å². The van der Waals surface area contributed by atoms with E-state index in [1.54, 1.807) is 0 Å². The highest BCUT2D eigenvalue weighted by atomic mass is 15.3. The molecule has 1 atom stereocenters. The summed E-state index contributed by atoms with van der Waals surface area (Å²) < 4.78 is 2.17. The Morgan fingerprint density at radius 2 is 2.25 bits per heavy atom. The van der Waals surface area contributed by atoms with Gasteiger partial charge in [0.1, 0.15) is 0 Å². The van der Waals surface area contributed by atoms with Gasteiger partial charge in [-0.3, -0.25) is 4.68 Å². The van der Waals surface area contributed by atoms with Crippen LogP contribution in [0.2, 0.25) is 0 Å². The highest BCUT2D eigenvalue weighted by Crippen LogP contribution is 2.28. The van der Waals surface area contributed by atoms with Gasteiger partial charge in [0.2, 0.25) is 0 Å². The van der Waals surface area contributed by atoms with E-state index in [2.05, 4.69) is 41.2 Å². The minimum absolute atomic E-state index is 0.580. The second-order valence-corrected chi connectivity index (χ2v) is 4.92. The van der Waals surface area contributed by atoms with Gasteiger partial charge in [-0.05, 0) is 32.3 Å². The van der Waals surface area contributed by atoms with Crippen molar-refractivity contribution < 1.29 is 0 Å². The van der Waals surface area contributed by atoms with Crippen molar-refractivity contribution in [2.24, 2.45) is 0 Å². The first kappa shape index (κ1) is 11.6. The van der Waals surface area contributed by atoms with E-state index in [1.165, 1.54) is 37.8 Å². The van der Waals surface area contributed by atoms with E-state index in [9.17, 15) is 0 Å². The van der Waals surface area contributed by atoms with E-state index >= 15 is 0 Å². The molecule has 0 radical (unpaired) electrons. The van der Waals surface area contributed by atoms with E-state index in [4.69, 9.17) is 0 Å². The summed E-state index contributed by atoms with van der Waals surface area (Å²) in [4.78, 5) is 0.